The Kier molecular flexibility index (Phi) is 3.33. The van der Waals surface area contributed by atoms with Gasteiger partial charge in [-0.1, -0.05) is 5.92 Å². The molecule has 0 aromatic heterocycles. The number of hydrogen-bond donors (Lipinski definition) is 1. The van der Waals surface area contributed by atoms with E-state index in [9.17, 15) is 5.26 Å². The van der Waals surface area contributed by atoms with E-state index in [1.165, 1.54) is 6.92 Å². The van der Waals surface area contributed by atoms with E-state index in [4.69, 9.17) is 5.11 Å². The maximum absolute atomic E-state index is 9.29. The molecular weight excluding hydrogens is 96.0 g/mol. The molecule has 0 fully saturated rings. The minimum atomic E-state index is -1.34. The standard InChI is InChI=1S/C4H6O3/c1-2-3-4(5)7-6/h4-5,7H,1H3. The molecule has 7 heavy (non-hydrogen) atoms. The first-order valence-corrected chi connectivity index (χ1v) is 1.74. The first-order chi connectivity index (χ1) is 3.31. The third-order valence-corrected chi connectivity index (χ3v) is 0.373. The molecule has 0 aliphatic rings. The Balaban J connectivity index is 3.29. The van der Waals surface area contributed by atoms with Gasteiger partial charge in [-0.15, -0.1) is 0 Å². The minimum Gasteiger partial charge on any atom is -0.532 e. The van der Waals surface area contributed by atoms with Crippen LogP contribution in [-0.4, -0.2) is 16.3 Å². The van der Waals surface area contributed by atoms with Crippen molar-refractivity contribution in [3.05, 3.63) is 0 Å². The van der Waals surface area contributed by atoms with Gasteiger partial charge in [0.15, 0.2) is 0 Å². The quantitative estimate of drug-likeness (QED) is 0.139. The van der Waals surface area contributed by atoms with Gasteiger partial charge in [-0.3, -0.25) is 0 Å². The fourth-order valence-electron chi connectivity index (χ4n) is 0.155. The molecule has 0 saturated heterocycles. The van der Waals surface area contributed by atoms with E-state index in [1.54, 1.807) is 0 Å². The molecule has 0 spiro atoms. The summed E-state index contributed by atoms with van der Waals surface area (Å²) < 4.78 is 0. The molecule has 0 heterocycles. The molecule has 2 N–H and O–H groups in total. The summed E-state index contributed by atoms with van der Waals surface area (Å²) in [5, 5.41) is 17.5. The maximum atomic E-state index is 9.29. The van der Waals surface area contributed by atoms with Gasteiger partial charge in [-0.2, -0.15) is 0 Å². The van der Waals surface area contributed by atoms with Crippen molar-refractivity contribution in [3.63, 3.8) is 0 Å². The molecule has 3 heteroatoms. The molecule has 0 bridgehead atoms. The van der Waals surface area contributed by atoms with Crippen LogP contribution in [0.25, 0.3) is 0 Å². The zero-order chi connectivity index (χ0) is 5.70. The van der Waals surface area contributed by atoms with E-state index in [1.807, 2.05) is 0 Å². The van der Waals surface area contributed by atoms with Gasteiger partial charge in [0, 0.05) is 5.92 Å². The van der Waals surface area contributed by atoms with Gasteiger partial charge in [-0.05, 0) is 6.92 Å². The van der Waals surface area contributed by atoms with Crippen molar-refractivity contribution >= 4 is 0 Å². The van der Waals surface area contributed by atoms with Crippen LogP contribution >= 0.6 is 0 Å². The molecule has 1 unspecified atom stereocenters. The Bertz CT molecular complexity index is 88.8. The molecule has 1 atom stereocenters. The summed E-state index contributed by atoms with van der Waals surface area (Å²) in [5.74, 6) is 4.45. The lowest BCUT2D eigenvalue weighted by atomic mass is 10.6. The van der Waals surface area contributed by atoms with Gasteiger partial charge >= 0.3 is 6.29 Å². The van der Waals surface area contributed by atoms with Gasteiger partial charge in [0.25, 0.3) is 0 Å². The molecule has 0 aliphatic carbocycles. The lowest BCUT2D eigenvalue weighted by Crippen LogP contribution is -2.23. The molecule has 40 valence electrons. The van der Waals surface area contributed by atoms with Crippen LogP contribution in [0.15, 0.2) is 0 Å². The predicted octanol–water partition coefficient (Wildman–Crippen LogP) is -1.87. The van der Waals surface area contributed by atoms with Crippen molar-refractivity contribution in [2.75, 3.05) is 0 Å². The van der Waals surface area contributed by atoms with E-state index in [-0.39, 0.29) is 0 Å². The highest BCUT2D eigenvalue weighted by Crippen LogP contribution is 1.67. The fraction of sp³-hybridized carbons (Fsp3) is 0.500. The summed E-state index contributed by atoms with van der Waals surface area (Å²) in [6, 6.07) is 0. The SMILES string of the molecule is CC#CC(O)[OH+][O-]. The molecule has 0 radical (unpaired) electrons. The number of aliphatic hydroxyl groups is 2. The first-order valence-electron chi connectivity index (χ1n) is 1.74. The Morgan fingerprint density at radius 1 is 1.86 bits per heavy atom. The second kappa shape index (κ2) is 3.62. The highest BCUT2D eigenvalue weighted by molar-refractivity contribution is 4.96. The summed E-state index contributed by atoms with van der Waals surface area (Å²) in [4.78, 5) is 2.21. The molecule has 0 aromatic rings. The van der Waals surface area contributed by atoms with E-state index in [0.29, 0.717) is 0 Å². The summed E-state index contributed by atoms with van der Waals surface area (Å²) in [6.07, 6.45) is -1.34. The predicted molar refractivity (Wildman–Crippen MR) is 21.7 cm³/mol. The van der Waals surface area contributed by atoms with Crippen molar-refractivity contribution in [3.8, 4) is 11.8 Å². The smallest absolute Gasteiger partial charge is 0.334 e. The Morgan fingerprint density at radius 3 is 2.57 bits per heavy atom. The molecule has 3 nitrogen and oxygen atoms in total. The van der Waals surface area contributed by atoms with E-state index in [0.717, 1.165) is 0 Å². The molecule has 0 saturated carbocycles. The van der Waals surface area contributed by atoms with E-state index < -0.39 is 6.29 Å². The Morgan fingerprint density at radius 2 is 2.43 bits per heavy atom. The summed E-state index contributed by atoms with van der Waals surface area (Å²) in [6.45, 7) is 1.52. The van der Waals surface area contributed by atoms with Gasteiger partial charge in [-0.25, -0.2) is 0 Å². The first kappa shape index (κ1) is 6.44. The van der Waals surface area contributed by atoms with Crippen LogP contribution < -0.4 is 5.26 Å². The highest BCUT2D eigenvalue weighted by Gasteiger charge is 1.91. The average molecular weight is 102 g/mol. The molecule has 0 aliphatic heterocycles. The van der Waals surface area contributed by atoms with Crippen LogP contribution in [0.5, 0.6) is 0 Å². The topological polar surface area (TPSA) is 56.1 Å². The zero-order valence-electron chi connectivity index (χ0n) is 3.88. The van der Waals surface area contributed by atoms with Crippen LogP contribution in [-0.2, 0) is 0 Å². The molecule has 0 aromatic carbocycles. The van der Waals surface area contributed by atoms with Gasteiger partial charge < -0.3 is 15.3 Å². The van der Waals surface area contributed by atoms with Crippen molar-refractivity contribution in [1.82, 2.24) is 0 Å². The monoisotopic (exact) mass is 102 g/mol. The van der Waals surface area contributed by atoms with Crippen LogP contribution in [0.2, 0.25) is 0 Å². The Labute approximate surface area is 41.5 Å². The summed E-state index contributed by atoms with van der Waals surface area (Å²) in [5.41, 5.74) is 0. The fourth-order valence-corrected chi connectivity index (χ4v) is 0.155. The van der Waals surface area contributed by atoms with E-state index >= 15 is 0 Å². The van der Waals surface area contributed by atoms with Gasteiger partial charge in [0.2, 0.25) is 0 Å². The minimum absolute atomic E-state index is 1.34. The molecule has 0 rings (SSSR count). The Hall–Kier alpha value is -0.560. The van der Waals surface area contributed by atoms with Crippen molar-refractivity contribution in [1.29, 1.82) is 0 Å². The zero-order valence-corrected chi connectivity index (χ0v) is 3.88. The van der Waals surface area contributed by atoms with Crippen molar-refractivity contribution in [2.24, 2.45) is 0 Å². The highest BCUT2D eigenvalue weighted by atomic mass is 17.1. The van der Waals surface area contributed by atoms with Gasteiger partial charge in [0.05, 0.1) is 0 Å². The normalized spacial score (nSPS) is 11.9. The largest absolute Gasteiger partial charge is 0.532 e. The third kappa shape index (κ3) is 3.27. The number of rotatable bonds is 1. The lowest BCUT2D eigenvalue weighted by Gasteiger charge is -1.98. The van der Waals surface area contributed by atoms with Crippen molar-refractivity contribution < 1.29 is 15.3 Å². The number of aliphatic hydroxyl groups excluding tert-OH is 1. The third-order valence-electron chi connectivity index (χ3n) is 0.373. The van der Waals surface area contributed by atoms with Gasteiger partial charge in [0.1, 0.15) is 0 Å². The maximum Gasteiger partial charge on any atom is 0.334 e. The second-order valence-corrected chi connectivity index (χ2v) is 0.873. The average Bonchev–Trinajstić information content (AvgIpc) is 1.68. The van der Waals surface area contributed by atoms with Crippen molar-refractivity contribution in [2.45, 2.75) is 13.2 Å². The summed E-state index contributed by atoms with van der Waals surface area (Å²) >= 11 is 0. The van der Waals surface area contributed by atoms with Crippen LogP contribution in [0.3, 0.4) is 0 Å². The molecular formula is C4H6O3. The summed E-state index contributed by atoms with van der Waals surface area (Å²) in [7, 11) is 0. The van der Waals surface area contributed by atoms with Crippen LogP contribution in [0.4, 0.5) is 0 Å². The number of hydrogen-bond acceptors (Lipinski definition) is 2. The van der Waals surface area contributed by atoms with Crippen LogP contribution in [0.1, 0.15) is 6.92 Å². The van der Waals surface area contributed by atoms with E-state index in [2.05, 4.69) is 16.7 Å². The second-order valence-electron chi connectivity index (χ2n) is 0.873. The molecule has 0 amide bonds. The lowest BCUT2D eigenvalue weighted by molar-refractivity contribution is -0.799. The van der Waals surface area contributed by atoms with Crippen LogP contribution in [0, 0.1) is 11.8 Å².